The third-order valence-corrected chi connectivity index (χ3v) is 5.38. The highest BCUT2D eigenvalue weighted by atomic mass is 19.1. The minimum atomic E-state index is -1.29. The highest BCUT2D eigenvalue weighted by molar-refractivity contribution is 5.89. The van der Waals surface area contributed by atoms with Crippen molar-refractivity contribution in [3.63, 3.8) is 0 Å². The first-order valence-corrected chi connectivity index (χ1v) is 9.26. The number of rotatable bonds is 4. The SMILES string of the molecule is O=C(O)c1cc(C2=CC3CCC(C2)N3C(=O)OCc2ccccc2)ccc1F. The first-order chi connectivity index (χ1) is 13.5. The number of carboxylic acids is 1. The van der Waals surface area contributed by atoms with Crippen LogP contribution in [0, 0.1) is 5.82 Å². The summed E-state index contributed by atoms with van der Waals surface area (Å²) in [6.07, 6.45) is 3.94. The van der Waals surface area contributed by atoms with Crippen molar-refractivity contribution in [1.82, 2.24) is 4.90 Å². The van der Waals surface area contributed by atoms with Gasteiger partial charge >= 0.3 is 12.1 Å². The Morgan fingerprint density at radius 2 is 1.93 bits per heavy atom. The Balaban J connectivity index is 1.50. The number of benzene rings is 2. The molecule has 0 aromatic heterocycles. The van der Waals surface area contributed by atoms with Crippen LogP contribution in [0.1, 0.15) is 40.7 Å². The van der Waals surface area contributed by atoms with Gasteiger partial charge in [0.15, 0.2) is 0 Å². The summed E-state index contributed by atoms with van der Waals surface area (Å²) < 4.78 is 19.2. The number of carbonyl (C=O) groups excluding carboxylic acids is 1. The van der Waals surface area contributed by atoms with E-state index in [0.29, 0.717) is 12.0 Å². The smallest absolute Gasteiger partial charge is 0.410 e. The molecule has 2 atom stereocenters. The Morgan fingerprint density at radius 3 is 2.64 bits per heavy atom. The fourth-order valence-corrected chi connectivity index (χ4v) is 4.01. The number of halogens is 1. The summed E-state index contributed by atoms with van der Waals surface area (Å²) in [7, 11) is 0. The van der Waals surface area contributed by atoms with E-state index in [2.05, 4.69) is 0 Å². The summed E-state index contributed by atoms with van der Waals surface area (Å²) >= 11 is 0. The Bertz CT molecular complexity index is 941. The molecule has 2 aliphatic heterocycles. The molecule has 2 aromatic carbocycles. The van der Waals surface area contributed by atoms with E-state index in [-0.39, 0.29) is 30.3 Å². The fourth-order valence-electron chi connectivity index (χ4n) is 4.01. The minimum absolute atomic E-state index is 0.00612. The zero-order valence-electron chi connectivity index (χ0n) is 15.2. The lowest BCUT2D eigenvalue weighted by Gasteiger charge is -2.33. The number of carbonyl (C=O) groups is 2. The molecular weight excluding hydrogens is 361 g/mol. The van der Waals surface area contributed by atoms with Gasteiger partial charge in [-0.25, -0.2) is 14.0 Å². The molecule has 144 valence electrons. The van der Waals surface area contributed by atoms with E-state index in [0.717, 1.165) is 24.0 Å². The van der Waals surface area contributed by atoms with Gasteiger partial charge in [-0.2, -0.15) is 0 Å². The monoisotopic (exact) mass is 381 g/mol. The van der Waals surface area contributed by atoms with Crippen molar-refractivity contribution >= 4 is 17.6 Å². The van der Waals surface area contributed by atoms with Gasteiger partial charge in [0.2, 0.25) is 0 Å². The van der Waals surface area contributed by atoms with Crippen LogP contribution in [-0.4, -0.2) is 34.2 Å². The number of hydrogen-bond donors (Lipinski definition) is 1. The van der Waals surface area contributed by atoms with Crippen molar-refractivity contribution in [1.29, 1.82) is 0 Å². The average molecular weight is 381 g/mol. The van der Waals surface area contributed by atoms with Crippen LogP contribution in [0.15, 0.2) is 54.6 Å². The Hall–Kier alpha value is -3.15. The van der Waals surface area contributed by atoms with Crippen molar-refractivity contribution in [2.24, 2.45) is 0 Å². The second kappa shape index (κ2) is 7.46. The zero-order chi connectivity index (χ0) is 19.7. The molecule has 1 amide bonds. The van der Waals surface area contributed by atoms with Crippen molar-refractivity contribution < 1.29 is 23.8 Å². The lowest BCUT2D eigenvalue weighted by Crippen LogP contribution is -2.43. The number of nitrogens with zero attached hydrogens (tertiary/aromatic N) is 1. The first-order valence-electron chi connectivity index (χ1n) is 9.26. The maximum absolute atomic E-state index is 13.7. The largest absolute Gasteiger partial charge is 0.478 e. The molecule has 1 N–H and O–H groups in total. The summed E-state index contributed by atoms with van der Waals surface area (Å²) in [5, 5.41) is 9.14. The predicted molar refractivity (Wildman–Crippen MR) is 101 cm³/mol. The average Bonchev–Trinajstić information content (AvgIpc) is 2.96. The molecule has 0 aliphatic carbocycles. The molecule has 5 nitrogen and oxygen atoms in total. The predicted octanol–water partition coefficient (Wildman–Crippen LogP) is 4.48. The molecule has 2 unspecified atom stereocenters. The molecule has 2 aromatic rings. The van der Waals surface area contributed by atoms with Crippen LogP contribution in [0.2, 0.25) is 0 Å². The Kier molecular flexibility index (Phi) is 4.86. The van der Waals surface area contributed by atoms with Crippen LogP contribution in [0.4, 0.5) is 9.18 Å². The molecule has 1 saturated heterocycles. The van der Waals surface area contributed by atoms with Gasteiger partial charge in [0.25, 0.3) is 0 Å². The molecule has 6 heteroatoms. The van der Waals surface area contributed by atoms with Crippen molar-refractivity contribution in [3.05, 3.63) is 77.1 Å². The molecule has 2 heterocycles. The van der Waals surface area contributed by atoms with Gasteiger partial charge in [-0.3, -0.25) is 4.90 Å². The van der Waals surface area contributed by atoms with Crippen molar-refractivity contribution in [2.45, 2.75) is 38.0 Å². The Morgan fingerprint density at radius 1 is 1.14 bits per heavy atom. The molecule has 2 aliphatic rings. The van der Waals surface area contributed by atoms with Gasteiger partial charge in [-0.15, -0.1) is 0 Å². The number of fused-ring (bicyclic) bond motifs is 2. The van der Waals surface area contributed by atoms with Gasteiger partial charge < -0.3 is 9.84 Å². The first kappa shape index (κ1) is 18.2. The van der Waals surface area contributed by atoms with Gasteiger partial charge in [-0.1, -0.05) is 42.5 Å². The van der Waals surface area contributed by atoms with Crippen LogP contribution in [-0.2, 0) is 11.3 Å². The number of ether oxygens (including phenoxy) is 1. The normalized spacial score (nSPS) is 20.6. The molecule has 0 radical (unpaired) electrons. The molecule has 0 saturated carbocycles. The van der Waals surface area contributed by atoms with Crippen molar-refractivity contribution in [2.75, 3.05) is 0 Å². The van der Waals surface area contributed by atoms with Gasteiger partial charge in [0, 0.05) is 6.04 Å². The van der Waals surface area contributed by atoms with E-state index >= 15 is 0 Å². The maximum Gasteiger partial charge on any atom is 0.410 e. The summed E-state index contributed by atoms with van der Waals surface area (Å²) in [6.45, 7) is 0.228. The second-order valence-electron chi connectivity index (χ2n) is 7.14. The number of carboxylic acid groups (broad SMARTS) is 1. The second-order valence-corrected chi connectivity index (χ2v) is 7.14. The van der Waals surface area contributed by atoms with E-state index in [1.807, 2.05) is 36.4 Å². The van der Waals surface area contributed by atoms with Crippen LogP contribution >= 0.6 is 0 Å². The third-order valence-electron chi connectivity index (χ3n) is 5.38. The molecule has 2 bridgehead atoms. The Labute approximate surface area is 162 Å². The van der Waals surface area contributed by atoms with E-state index in [1.54, 1.807) is 11.0 Å². The maximum atomic E-state index is 13.7. The molecule has 1 fully saturated rings. The summed E-state index contributed by atoms with van der Waals surface area (Å²) in [5.74, 6) is -2.04. The minimum Gasteiger partial charge on any atom is -0.478 e. The van der Waals surface area contributed by atoms with Gasteiger partial charge in [0.1, 0.15) is 12.4 Å². The van der Waals surface area contributed by atoms with Gasteiger partial charge in [0.05, 0.1) is 11.6 Å². The quantitative estimate of drug-likeness (QED) is 0.848. The van der Waals surface area contributed by atoms with Crippen LogP contribution < -0.4 is 0 Å². The van der Waals surface area contributed by atoms with Crippen LogP contribution in [0.25, 0.3) is 5.57 Å². The highest BCUT2D eigenvalue weighted by Crippen LogP contribution is 2.39. The van der Waals surface area contributed by atoms with E-state index in [4.69, 9.17) is 9.84 Å². The standard InChI is InChI=1S/C22H20FNO4/c23-20-9-6-15(12-19(20)21(25)26)16-10-17-7-8-18(11-16)24(17)22(27)28-13-14-4-2-1-3-5-14/h1-6,9-10,12,17-18H,7-8,11,13H2,(H,25,26). The van der Waals surface area contributed by atoms with Crippen molar-refractivity contribution in [3.8, 4) is 0 Å². The summed E-state index contributed by atoms with van der Waals surface area (Å²) in [6, 6.07) is 13.6. The lowest BCUT2D eigenvalue weighted by atomic mass is 9.93. The number of amides is 1. The van der Waals surface area contributed by atoms with E-state index in [1.165, 1.54) is 12.1 Å². The zero-order valence-corrected chi connectivity index (χ0v) is 15.2. The number of aromatic carboxylic acids is 1. The fraction of sp³-hybridized carbons (Fsp3) is 0.273. The van der Waals surface area contributed by atoms with Crippen LogP contribution in [0.5, 0.6) is 0 Å². The molecule has 4 rings (SSSR count). The highest BCUT2D eigenvalue weighted by Gasteiger charge is 2.40. The summed E-state index contributed by atoms with van der Waals surface area (Å²) in [5.41, 5.74) is 2.23. The van der Waals surface area contributed by atoms with Gasteiger partial charge in [-0.05, 0) is 48.1 Å². The molecular formula is C22H20FNO4. The van der Waals surface area contributed by atoms with E-state index in [9.17, 15) is 14.0 Å². The van der Waals surface area contributed by atoms with Crippen LogP contribution in [0.3, 0.4) is 0 Å². The number of hydrogen-bond acceptors (Lipinski definition) is 3. The summed E-state index contributed by atoms with van der Waals surface area (Å²) in [4.78, 5) is 25.6. The van der Waals surface area contributed by atoms with E-state index < -0.39 is 11.8 Å². The topological polar surface area (TPSA) is 66.8 Å². The lowest BCUT2D eigenvalue weighted by molar-refractivity contribution is 0.0691. The molecule has 28 heavy (non-hydrogen) atoms. The third kappa shape index (κ3) is 3.50. The molecule has 0 spiro atoms.